The van der Waals surface area contributed by atoms with Crippen LogP contribution in [0.2, 0.25) is 0 Å². The molecule has 0 aliphatic heterocycles. The van der Waals surface area contributed by atoms with E-state index < -0.39 is 5.60 Å². The van der Waals surface area contributed by atoms with Crippen LogP contribution < -0.4 is 0 Å². The molecule has 1 aromatic heterocycles. The van der Waals surface area contributed by atoms with E-state index in [1.165, 1.54) is 50.6 Å². The van der Waals surface area contributed by atoms with Gasteiger partial charge in [-0.3, -0.25) is 0 Å². The SMILES string of the molecule is C[C@]12CC[C@H]3[C@@H](CCC4C[C@@H](O)CC[C@@]43C)[C@@H]1CC[C@@H]2[C@](C)(O)CCc1ccc[nH]1. The number of aromatic amines is 1. The first-order valence-corrected chi connectivity index (χ1v) is 12.8. The van der Waals surface area contributed by atoms with Crippen LogP contribution >= 0.6 is 0 Å². The third kappa shape index (κ3) is 3.22. The van der Waals surface area contributed by atoms with Crippen molar-refractivity contribution in [3.05, 3.63) is 24.0 Å². The van der Waals surface area contributed by atoms with Crippen molar-refractivity contribution in [1.29, 1.82) is 0 Å². The fraction of sp³-hybridized carbons (Fsp3) is 0.852. The fourth-order valence-corrected chi connectivity index (χ4v) is 9.34. The Kier molecular flexibility index (Phi) is 5.18. The molecule has 0 amide bonds. The summed E-state index contributed by atoms with van der Waals surface area (Å²) in [5.41, 5.74) is 1.39. The average Bonchev–Trinajstić information content (AvgIpc) is 3.34. The average molecular weight is 414 g/mol. The Morgan fingerprint density at radius 3 is 2.57 bits per heavy atom. The van der Waals surface area contributed by atoms with Crippen molar-refractivity contribution in [1.82, 2.24) is 4.98 Å². The maximum atomic E-state index is 11.6. The summed E-state index contributed by atoms with van der Waals surface area (Å²) < 4.78 is 0. The molecule has 4 aliphatic carbocycles. The molecule has 30 heavy (non-hydrogen) atoms. The Bertz CT molecular complexity index is 742. The molecular formula is C27H43NO2. The molecule has 4 aliphatic rings. The summed E-state index contributed by atoms with van der Waals surface area (Å²) in [4.78, 5) is 3.31. The molecule has 5 rings (SSSR count). The number of hydrogen-bond donors (Lipinski definition) is 3. The van der Waals surface area contributed by atoms with Gasteiger partial charge in [0.2, 0.25) is 0 Å². The number of hydrogen-bond acceptors (Lipinski definition) is 2. The normalized spacial score (nSPS) is 47.8. The predicted octanol–water partition coefficient (Wildman–Crippen LogP) is 5.72. The molecule has 1 unspecified atom stereocenters. The van der Waals surface area contributed by atoms with Gasteiger partial charge in [0.1, 0.15) is 0 Å². The van der Waals surface area contributed by atoms with Crippen LogP contribution in [0.3, 0.4) is 0 Å². The van der Waals surface area contributed by atoms with Crippen LogP contribution in [0, 0.1) is 40.4 Å². The van der Waals surface area contributed by atoms with Crippen molar-refractivity contribution in [2.45, 2.75) is 103 Å². The molecule has 0 bridgehead atoms. The molecule has 0 spiro atoms. The second kappa shape index (κ2) is 7.37. The first-order chi connectivity index (χ1) is 14.2. The lowest BCUT2D eigenvalue weighted by molar-refractivity contribution is -0.144. The Balaban J connectivity index is 1.34. The summed E-state index contributed by atoms with van der Waals surface area (Å²) in [6, 6.07) is 4.19. The van der Waals surface area contributed by atoms with Gasteiger partial charge in [-0.25, -0.2) is 0 Å². The fourth-order valence-electron chi connectivity index (χ4n) is 9.34. The minimum atomic E-state index is -0.586. The highest BCUT2D eigenvalue weighted by Gasteiger charge is 2.62. The van der Waals surface area contributed by atoms with Gasteiger partial charge in [-0.05, 0) is 130 Å². The lowest BCUT2D eigenvalue weighted by atomic mass is 9.44. The lowest BCUT2D eigenvalue weighted by Crippen LogP contribution is -2.55. The maximum absolute atomic E-state index is 11.6. The number of aryl methyl sites for hydroxylation is 1. The van der Waals surface area contributed by atoms with Gasteiger partial charge in [0.15, 0.2) is 0 Å². The summed E-state index contributed by atoms with van der Waals surface area (Å²) in [7, 11) is 0. The number of rotatable bonds is 4. The van der Waals surface area contributed by atoms with E-state index in [2.05, 4.69) is 37.9 Å². The molecule has 4 saturated carbocycles. The van der Waals surface area contributed by atoms with E-state index in [4.69, 9.17) is 0 Å². The highest BCUT2D eigenvalue weighted by atomic mass is 16.3. The van der Waals surface area contributed by atoms with E-state index in [-0.39, 0.29) is 11.5 Å². The predicted molar refractivity (Wildman–Crippen MR) is 121 cm³/mol. The first-order valence-electron chi connectivity index (χ1n) is 12.8. The molecular weight excluding hydrogens is 370 g/mol. The number of aliphatic hydroxyl groups is 2. The van der Waals surface area contributed by atoms with Crippen molar-refractivity contribution in [2.75, 3.05) is 0 Å². The van der Waals surface area contributed by atoms with E-state index in [0.717, 1.165) is 49.4 Å². The summed E-state index contributed by atoms with van der Waals surface area (Å²) in [5, 5.41) is 21.9. The highest BCUT2D eigenvalue weighted by Crippen LogP contribution is 2.68. The second-order valence-corrected chi connectivity index (χ2v) is 12.3. The zero-order valence-corrected chi connectivity index (χ0v) is 19.4. The Morgan fingerprint density at radius 1 is 1.03 bits per heavy atom. The number of fused-ring (bicyclic) bond motifs is 5. The summed E-state index contributed by atoms with van der Waals surface area (Å²) >= 11 is 0. The molecule has 1 aromatic rings. The van der Waals surface area contributed by atoms with E-state index in [1.54, 1.807) is 0 Å². The Morgan fingerprint density at radius 2 is 1.80 bits per heavy atom. The largest absolute Gasteiger partial charge is 0.393 e. The van der Waals surface area contributed by atoms with E-state index in [1.807, 2.05) is 6.20 Å². The van der Waals surface area contributed by atoms with Crippen molar-refractivity contribution >= 4 is 0 Å². The van der Waals surface area contributed by atoms with Crippen LogP contribution in [-0.2, 0) is 6.42 Å². The molecule has 9 atom stereocenters. The van der Waals surface area contributed by atoms with Crippen molar-refractivity contribution in [2.24, 2.45) is 40.4 Å². The summed E-state index contributed by atoms with van der Waals surface area (Å²) in [5.74, 6) is 3.61. The van der Waals surface area contributed by atoms with Crippen LogP contribution in [0.25, 0.3) is 0 Å². The molecule has 0 saturated heterocycles. The second-order valence-electron chi connectivity index (χ2n) is 12.3. The van der Waals surface area contributed by atoms with Gasteiger partial charge in [0, 0.05) is 11.9 Å². The van der Waals surface area contributed by atoms with E-state index >= 15 is 0 Å². The van der Waals surface area contributed by atoms with Gasteiger partial charge in [0.05, 0.1) is 11.7 Å². The zero-order chi connectivity index (χ0) is 21.1. The van der Waals surface area contributed by atoms with Gasteiger partial charge >= 0.3 is 0 Å². The Labute approximate surface area is 183 Å². The number of H-pyrrole nitrogens is 1. The van der Waals surface area contributed by atoms with Gasteiger partial charge in [0.25, 0.3) is 0 Å². The molecule has 4 fully saturated rings. The summed E-state index contributed by atoms with van der Waals surface area (Å²) in [6.45, 7) is 7.23. The Hall–Kier alpha value is -0.800. The van der Waals surface area contributed by atoms with Crippen LogP contribution in [0.4, 0.5) is 0 Å². The minimum absolute atomic E-state index is 0.0564. The van der Waals surface area contributed by atoms with Gasteiger partial charge in [-0.1, -0.05) is 13.8 Å². The standard InChI is InChI=1S/C27H43NO2/c1-25-13-11-20(29)17-18(25)6-7-21-22-8-9-24(26(22,2)14-12-23(21)25)27(3,30)15-10-19-5-4-16-28-19/h4-5,16,18,20-24,28-30H,6-15,17H2,1-3H3/t18?,20-,21-,22-,23-,24-,25-,26-,27+/m0/s1. The zero-order valence-electron chi connectivity index (χ0n) is 19.4. The molecule has 3 N–H and O–H groups in total. The van der Waals surface area contributed by atoms with Crippen molar-refractivity contribution < 1.29 is 10.2 Å². The van der Waals surface area contributed by atoms with Gasteiger partial charge < -0.3 is 15.2 Å². The molecule has 168 valence electrons. The van der Waals surface area contributed by atoms with Crippen LogP contribution in [0.5, 0.6) is 0 Å². The number of nitrogens with one attached hydrogen (secondary N) is 1. The smallest absolute Gasteiger partial charge is 0.0656 e. The van der Waals surface area contributed by atoms with Crippen molar-refractivity contribution in [3.63, 3.8) is 0 Å². The van der Waals surface area contributed by atoms with E-state index in [0.29, 0.717) is 11.3 Å². The lowest BCUT2D eigenvalue weighted by Gasteiger charge is -2.61. The molecule has 1 heterocycles. The van der Waals surface area contributed by atoms with Gasteiger partial charge in [-0.15, -0.1) is 0 Å². The van der Waals surface area contributed by atoms with Crippen LogP contribution in [0.1, 0.15) is 90.7 Å². The quantitative estimate of drug-likeness (QED) is 0.591. The van der Waals surface area contributed by atoms with Crippen molar-refractivity contribution in [3.8, 4) is 0 Å². The molecule has 3 nitrogen and oxygen atoms in total. The number of aromatic nitrogens is 1. The topological polar surface area (TPSA) is 56.2 Å². The van der Waals surface area contributed by atoms with Crippen LogP contribution in [-0.4, -0.2) is 26.9 Å². The molecule has 3 heteroatoms. The maximum Gasteiger partial charge on any atom is 0.0656 e. The third-order valence-electron chi connectivity index (χ3n) is 11.0. The highest BCUT2D eigenvalue weighted by molar-refractivity contribution is 5.12. The van der Waals surface area contributed by atoms with Crippen LogP contribution in [0.15, 0.2) is 18.3 Å². The summed E-state index contributed by atoms with van der Waals surface area (Å²) in [6.07, 6.45) is 14.8. The van der Waals surface area contributed by atoms with Gasteiger partial charge in [-0.2, -0.15) is 0 Å². The van der Waals surface area contributed by atoms with E-state index in [9.17, 15) is 10.2 Å². The third-order valence-corrected chi connectivity index (χ3v) is 11.0. The molecule has 0 radical (unpaired) electrons. The minimum Gasteiger partial charge on any atom is -0.393 e. The monoisotopic (exact) mass is 413 g/mol. The number of aliphatic hydroxyl groups excluding tert-OH is 1. The molecule has 0 aromatic carbocycles. The first kappa shape index (κ1) is 21.1.